The van der Waals surface area contributed by atoms with E-state index in [1.807, 2.05) is 37.3 Å². The molecule has 0 aliphatic rings. The minimum absolute atomic E-state index is 0.0913. The van der Waals surface area contributed by atoms with Crippen LogP contribution in [0, 0.1) is 6.92 Å². The number of hydrogen-bond donors (Lipinski definition) is 1. The minimum Gasteiger partial charge on any atom is -0.481 e. The van der Waals surface area contributed by atoms with Gasteiger partial charge in [0.15, 0.2) is 0 Å². The van der Waals surface area contributed by atoms with Crippen molar-refractivity contribution in [2.24, 2.45) is 0 Å². The number of carboxylic acid groups (broad SMARTS) is 1. The van der Waals surface area contributed by atoms with E-state index in [0.29, 0.717) is 16.2 Å². The summed E-state index contributed by atoms with van der Waals surface area (Å²) in [4.78, 5) is 11.1. The van der Waals surface area contributed by atoms with Gasteiger partial charge in [-0.15, -0.1) is 0 Å². The van der Waals surface area contributed by atoms with Crippen molar-refractivity contribution in [3.05, 3.63) is 58.7 Å². The molecule has 0 atom stereocenters. The molecule has 106 valence electrons. The smallest absolute Gasteiger partial charge is 0.309 e. The van der Waals surface area contributed by atoms with Crippen LogP contribution in [0.25, 0.3) is 16.6 Å². The number of aryl methyl sites for hydroxylation is 1. The first-order valence-corrected chi connectivity index (χ1v) is 6.88. The number of benzene rings is 2. The first-order chi connectivity index (χ1) is 10.0. The highest BCUT2D eigenvalue weighted by molar-refractivity contribution is 6.31. The van der Waals surface area contributed by atoms with Crippen LogP contribution in [0.1, 0.15) is 11.3 Å². The van der Waals surface area contributed by atoms with E-state index in [0.717, 1.165) is 16.6 Å². The third kappa shape index (κ3) is 2.62. The van der Waals surface area contributed by atoms with Crippen molar-refractivity contribution < 1.29 is 9.90 Å². The van der Waals surface area contributed by atoms with Crippen molar-refractivity contribution in [1.29, 1.82) is 0 Å². The maximum Gasteiger partial charge on any atom is 0.309 e. The number of nitrogens with zero attached hydrogens (tertiary/aromatic N) is 2. The normalized spacial score (nSPS) is 11.0. The third-order valence-electron chi connectivity index (χ3n) is 3.33. The zero-order valence-corrected chi connectivity index (χ0v) is 12.1. The molecule has 5 heteroatoms. The third-order valence-corrected chi connectivity index (χ3v) is 3.57. The van der Waals surface area contributed by atoms with Gasteiger partial charge in [0.2, 0.25) is 0 Å². The summed E-state index contributed by atoms with van der Waals surface area (Å²) in [5.41, 5.74) is 3.32. The molecule has 2 aromatic carbocycles. The fourth-order valence-corrected chi connectivity index (χ4v) is 2.49. The number of rotatable bonds is 3. The molecule has 21 heavy (non-hydrogen) atoms. The molecule has 1 aromatic heterocycles. The summed E-state index contributed by atoms with van der Waals surface area (Å²) in [6.45, 7) is 2.00. The SMILES string of the molecule is Cc1ccc(-n2nc3cc(Cl)ccc3c2CC(=O)O)cc1. The molecule has 0 aliphatic carbocycles. The van der Waals surface area contributed by atoms with Gasteiger partial charge in [-0.3, -0.25) is 4.79 Å². The Morgan fingerprint density at radius 1 is 1.24 bits per heavy atom. The Bertz CT molecular complexity index is 822. The van der Waals surface area contributed by atoms with Crippen LogP contribution in [0.3, 0.4) is 0 Å². The lowest BCUT2D eigenvalue weighted by atomic mass is 10.1. The van der Waals surface area contributed by atoms with E-state index in [-0.39, 0.29) is 6.42 Å². The van der Waals surface area contributed by atoms with Crippen LogP contribution in [0.2, 0.25) is 5.02 Å². The van der Waals surface area contributed by atoms with Gasteiger partial charge in [-0.1, -0.05) is 29.3 Å². The molecule has 0 bridgehead atoms. The average molecular weight is 301 g/mol. The zero-order valence-electron chi connectivity index (χ0n) is 11.4. The number of hydrogen-bond acceptors (Lipinski definition) is 2. The number of aromatic nitrogens is 2. The Balaban J connectivity index is 2.24. The van der Waals surface area contributed by atoms with Crippen molar-refractivity contribution in [3.8, 4) is 5.69 Å². The van der Waals surface area contributed by atoms with Gasteiger partial charge in [-0.05, 0) is 37.3 Å². The monoisotopic (exact) mass is 300 g/mol. The number of carboxylic acids is 1. The predicted octanol–water partition coefficient (Wildman–Crippen LogP) is 3.61. The molecule has 4 nitrogen and oxygen atoms in total. The quantitative estimate of drug-likeness (QED) is 0.804. The van der Waals surface area contributed by atoms with Crippen molar-refractivity contribution in [2.75, 3.05) is 0 Å². The number of aliphatic carboxylic acids is 1. The summed E-state index contributed by atoms with van der Waals surface area (Å²) >= 11 is 5.99. The lowest BCUT2D eigenvalue weighted by Gasteiger charge is -2.06. The molecule has 0 saturated carbocycles. The zero-order chi connectivity index (χ0) is 15.0. The van der Waals surface area contributed by atoms with E-state index >= 15 is 0 Å². The molecule has 0 aliphatic heterocycles. The van der Waals surface area contributed by atoms with E-state index in [1.54, 1.807) is 16.8 Å². The molecule has 1 N–H and O–H groups in total. The van der Waals surface area contributed by atoms with Gasteiger partial charge in [0.05, 0.1) is 23.3 Å². The lowest BCUT2D eigenvalue weighted by molar-refractivity contribution is -0.136. The highest BCUT2D eigenvalue weighted by atomic mass is 35.5. The Hall–Kier alpha value is -2.33. The second kappa shape index (κ2) is 5.22. The standard InChI is InChI=1S/C16H13ClN2O2/c1-10-2-5-12(6-3-10)19-15(9-16(20)21)13-7-4-11(17)8-14(13)18-19/h2-8H,9H2,1H3,(H,20,21). The molecular formula is C16H13ClN2O2. The van der Waals surface area contributed by atoms with E-state index in [1.165, 1.54) is 0 Å². The minimum atomic E-state index is -0.889. The molecule has 0 saturated heterocycles. The summed E-state index contributed by atoms with van der Waals surface area (Å²) in [6.07, 6.45) is -0.0913. The number of carbonyl (C=O) groups is 1. The van der Waals surface area contributed by atoms with Gasteiger partial charge in [0.1, 0.15) is 0 Å². The van der Waals surface area contributed by atoms with Gasteiger partial charge in [-0.25, -0.2) is 4.68 Å². The van der Waals surface area contributed by atoms with Gasteiger partial charge in [0.25, 0.3) is 0 Å². The maximum absolute atomic E-state index is 11.1. The Morgan fingerprint density at radius 2 is 1.95 bits per heavy atom. The van der Waals surface area contributed by atoms with Crippen LogP contribution in [0.15, 0.2) is 42.5 Å². The molecule has 1 heterocycles. The molecule has 0 fully saturated rings. The van der Waals surface area contributed by atoms with Crippen LogP contribution >= 0.6 is 11.6 Å². The van der Waals surface area contributed by atoms with Crippen molar-refractivity contribution >= 4 is 28.5 Å². The average Bonchev–Trinajstić information content (AvgIpc) is 2.77. The van der Waals surface area contributed by atoms with E-state index in [2.05, 4.69) is 5.10 Å². The lowest BCUT2D eigenvalue weighted by Crippen LogP contribution is -2.08. The topological polar surface area (TPSA) is 55.1 Å². The Labute approximate surface area is 126 Å². The van der Waals surface area contributed by atoms with Gasteiger partial charge >= 0.3 is 5.97 Å². The van der Waals surface area contributed by atoms with Crippen LogP contribution in [-0.4, -0.2) is 20.9 Å². The molecule has 3 aromatic rings. The maximum atomic E-state index is 11.1. The van der Waals surface area contributed by atoms with Gasteiger partial charge in [0, 0.05) is 10.4 Å². The van der Waals surface area contributed by atoms with Crippen LogP contribution in [0.4, 0.5) is 0 Å². The fraction of sp³-hybridized carbons (Fsp3) is 0.125. The first kappa shape index (κ1) is 13.6. The summed E-state index contributed by atoms with van der Waals surface area (Å²) in [5, 5.41) is 15.0. The molecule has 0 amide bonds. The second-order valence-electron chi connectivity index (χ2n) is 4.93. The van der Waals surface area contributed by atoms with Crippen molar-refractivity contribution in [1.82, 2.24) is 9.78 Å². The summed E-state index contributed by atoms with van der Waals surface area (Å²) < 4.78 is 1.68. The molecule has 3 rings (SSSR count). The molecule has 0 radical (unpaired) electrons. The second-order valence-corrected chi connectivity index (χ2v) is 5.36. The van der Waals surface area contributed by atoms with E-state index < -0.39 is 5.97 Å². The van der Waals surface area contributed by atoms with Crippen LogP contribution in [-0.2, 0) is 11.2 Å². The number of fused-ring (bicyclic) bond motifs is 1. The Morgan fingerprint density at radius 3 is 2.62 bits per heavy atom. The summed E-state index contributed by atoms with van der Waals surface area (Å²) in [5.74, 6) is -0.889. The van der Waals surface area contributed by atoms with Crippen molar-refractivity contribution in [2.45, 2.75) is 13.3 Å². The van der Waals surface area contributed by atoms with Crippen LogP contribution in [0.5, 0.6) is 0 Å². The van der Waals surface area contributed by atoms with E-state index in [4.69, 9.17) is 16.7 Å². The number of halogens is 1. The first-order valence-electron chi connectivity index (χ1n) is 6.50. The van der Waals surface area contributed by atoms with E-state index in [9.17, 15) is 4.79 Å². The largest absolute Gasteiger partial charge is 0.481 e. The molecule has 0 spiro atoms. The predicted molar refractivity (Wildman–Crippen MR) is 82.2 cm³/mol. The van der Waals surface area contributed by atoms with Gasteiger partial charge in [-0.2, -0.15) is 5.10 Å². The van der Waals surface area contributed by atoms with Crippen molar-refractivity contribution in [3.63, 3.8) is 0 Å². The van der Waals surface area contributed by atoms with Crippen LogP contribution < -0.4 is 0 Å². The molecule has 0 unspecified atom stereocenters. The fourth-order valence-electron chi connectivity index (χ4n) is 2.33. The molecular weight excluding hydrogens is 288 g/mol. The highest BCUT2D eigenvalue weighted by Crippen LogP contribution is 2.25. The Kier molecular flexibility index (Phi) is 3.39. The summed E-state index contributed by atoms with van der Waals surface area (Å²) in [7, 11) is 0. The summed E-state index contributed by atoms with van der Waals surface area (Å²) in [6, 6.07) is 13.1. The van der Waals surface area contributed by atoms with Gasteiger partial charge < -0.3 is 5.11 Å². The highest BCUT2D eigenvalue weighted by Gasteiger charge is 2.15.